The lowest BCUT2D eigenvalue weighted by atomic mass is 10.1. The highest BCUT2D eigenvalue weighted by Gasteiger charge is 2.19. The number of H-pyrrole nitrogens is 1. The van der Waals surface area contributed by atoms with E-state index in [1.807, 2.05) is 20.8 Å². The minimum Gasteiger partial charge on any atom is -0.351 e. The lowest BCUT2D eigenvalue weighted by molar-refractivity contribution is 0.0956. The van der Waals surface area contributed by atoms with Gasteiger partial charge in [-0.25, -0.2) is 0 Å². The van der Waals surface area contributed by atoms with Crippen LogP contribution in [0.25, 0.3) is 10.9 Å². The lowest BCUT2D eigenvalue weighted by Gasteiger charge is -2.17. The first-order chi connectivity index (χ1) is 11.1. The molecule has 0 fully saturated rings. The van der Waals surface area contributed by atoms with Crippen molar-refractivity contribution in [1.82, 2.24) is 14.9 Å². The molecule has 0 aliphatic carbocycles. The van der Waals surface area contributed by atoms with Crippen LogP contribution in [0.5, 0.6) is 0 Å². The van der Waals surface area contributed by atoms with E-state index < -0.39 is 10.8 Å². The zero-order chi connectivity index (χ0) is 18.1. The van der Waals surface area contributed by atoms with Crippen molar-refractivity contribution in [3.05, 3.63) is 38.9 Å². The maximum atomic E-state index is 12.2. The molecule has 0 saturated carbocycles. The largest absolute Gasteiger partial charge is 0.351 e. The Hall–Kier alpha value is -1.80. The van der Waals surface area contributed by atoms with Crippen molar-refractivity contribution in [2.45, 2.75) is 25.5 Å². The SMILES string of the molecule is Cn1c(=S)[nH]c2cc(C(=O)NCC[S@](=O)C(C)(C)C)ccc2c1=O. The Labute approximate surface area is 147 Å². The van der Waals surface area contributed by atoms with Crippen molar-refractivity contribution in [1.29, 1.82) is 0 Å². The van der Waals surface area contributed by atoms with Gasteiger partial charge in [0.05, 0.1) is 10.9 Å². The van der Waals surface area contributed by atoms with E-state index in [4.69, 9.17) is 12.2 Å². The van der Waals surface area contributed by atoms with Gasteiger partial charge in [0, 0.05) is 40.5 Å². The highest BCUT2D eigenvalue weighted by Crippen LogP contribution is 2.12. The van der Waals surface area contributed by atoms with E-state index >= 15 is 0 Å². The van der Waals surface area contributed by atoms with Crippen LogP contribution in [0.2, 0.25) is 0 Å². The molecular formula is C16H21N3O3S2. The number of rotatable bonds is 4. The Kier molecular flexibility index (Phi) is 5.39. The van der Waals surface area contributed by atoms with Gasteiger partial charge in [-0.05, 0) is 51.2 Å². The summed E-state index contributed by atoms with van der Waals surface area (Å²) in [6.07, 6.45) is 0. The molecule has 0 saturated heterocycles. The number of benzene rings is 1. The van der Waals surface area contributed by atoms with Crippen LogP contribution in [-0.2, 0) is 17.8 Å². The smallest absolute Gasteiger partial charge is 0.261 e. The van der Waals surface area contributed by atoms with Crippen LogP contribution in [0.1, 0.15) is 31.1 Å². The highest BCUT2D eigenvalue weighted by atomic mass is 32.2. The molecule has 0 unspecified atom stereocenters. The lowest BCUT2D eigenvalue weighted by Crippen LogP contribution is -2.32. The number of aromatic nitrogens is 2. The number of amides is 1. The monoisotopic (exact) mass is 367 g/mol. The van der Waals surface area contributed by atoms with Gasteiger partial charge in [0.15, 0.2) is 4.77 Å². The van der Waals surface area contributed by atoms with Gasteiger partial charge in [-0.1, -0.05) is 0 Å². The van der Waals surface area contributed by atoms with E-state index in [1.54, 1.807) is 25.2 Å². The third-order valence-electron chi connectivity index (χ3n) is 3.62. The molecule has 0 spiro atoms. The summed E-state index contributed by atoms with van der Waals surface area (Å²) in [5.74, 6) is 0.119. The Bertz CT molecular complexity index is 923. The minimum atomic E-state index is -1.02. The number of aromatic amines is 1. The average molecular weight is 367 g/mol. The second-order valence-electron chi connectivity index (χ2n) is 6.47. The minimum absolute atomic E-state index is 0.207. The molecule has 24 heavy (non-hydrogen) atoms. The van der Waals surface area contributed by atoms with Crippen LogP contribution in [0.15, 0.2) is 23.0 Å². The summed E-state index contributed by atoms with van der Waals surface area (Å²) < 4.78 is 13.3. The van der Waals surface area contributed by atoms with Gasteiger partial charge in [0.2, 0.25) is 0 Å². The molecule has 0 bridgehead atoms. The first-order valence-corrected chi connectivity index (χ1v) is 9.24. The summed E-state index contributed by atoms with van der Waals surface area (Å²) >= 11 is 5.08. The molecule has 8 heteroatoms. The standard InChI is InChI=1S/C16H21N3O3S2/c1-16(2,3)24(22)8-7-17-13(20)10-5-6-11-12(9-10)18-15(23)19(4)14(11)21/h5-6,9H,7-8H2,1-4H3,(H,17,20)(H,18,23)/t24-/m0/s1. The summed E-state index contributed by atoms with van der Waals surface area (Å²) in [5.41, 5.74) is 0.734. The maximum Gasteiger partial charge on any atom is 0.261 e. The van der Waals surface area contributed by atoms with Gasteiger partial charge in [-0.15, -0.1) is 0 Å². The second-order valence-corrected chi connectivity index (χ2v) is 9.18. The maximum absolute atomic E-state index is 12.2. The summed E-state index contributed by atoms with van der Waals surface area (Å²) in [7, 11) is 0.574. The molecule has 1 amide bonds. The summed E-state index contributed by atoms with van der Waals surface area (Å²) in [5, 5.41) is 3.22. The highest BCUT2D eigenvalue weighted by molar-refractivity contribution is 7.86. The number of hydrogen-bond donors (Lipinski definition) is 2. The third kappa shape index (κ3) is 3.99. The van der Waals surface area contributed by atoms with Crippen LogP contribution < -0.4 is 10.9 Å². The average Bonchev–Trinajstić information content (AvgIpc) is 2.51. The van der Waals surface area contributed by atoms with Crippen molar-refractivity contribution < 1.29 is 9.00 Å². The van der Waals surface area contributed by atoms with Crippen molar-refractivity contribution in [3.8, 4) is 0 Å². The van der Waals surface area contributed by atoms with Crippen molar-refractivity contribution in [2.75, 3.05) is 12.3 Å². The fourth-order valence-corrected chi connectivity index (χ4v) is 3.21. The number of carbonyl (C=O) groups is 1. The molecule has 2 aromatic rings. The predicted molar refractivity (Wildman–Crippen MR) is 99.5 cm³/mol. The van der Waals surface area contributed by atoms with E-state index in [0.717, 1.165) is 0 Å². The summed E-state index contributed by atoms with van der Waals surface area (Å²) in [6, 6.07) is 4.80. The third-order valence-corrected chi connectivity index (χ3v) is 5.94. The Morgan fingerprint density at radius 2 is 2.04 bits per heavy atom. The van der Waals surface area contributed by atoms with Gasteiger partial charge in [-0.2, -0.15) is 0 Å². The predicted octanol–water partition coefficient (Wildman–Crippen LogP) is 1.87. The van der Waals surface area contributed by atoms with Crippen LogP contribution in [0.3, 0.4) is 0 Å². The van der Waals surface area contributed by atoms with Crippen LogP contribution in [0, 0.1) is 4.77 Å². The molecule has 2 N–H and O–H groups in total. The van der Waals surface area contributed by atoms with E-state index in [9.17, 15) is 13.8 Å². The first kappa shape index (κ1) is 18.5. The molecule has 0 radical (unpaired) electrons. The zero-order valence-electron chi connectivity index (χ0n) is 14.1. The summed E-state index contributed by atoms with van der Waals surface area (Å²) in [4.78, 5) is 27.3. The van der Waals surface area contributed by atoms with E-state index in [2.05, 4.69) is 10.3 Å². The summed E-state index contributed by atoms with van der Waals surface area (Å²) in [6.45, 7) is 6.03. The Balaban J connectivity index is 2.16. The van der Waals surface area contributed by atoms with Gasteiger partial charge >= 0.3 is 0 Å². The van der Waals surface area contributed by atoms with Gasteiger partial charge in [0.1, 0.15) is 0 Å². The van der Waals surface area contributed by atoms with E-state index in [0.29, 0.717) is 33.5 Å². The molecule has 0 aliphatic heterocycles. The molecule has 1 aromatic heterocycles. The van der Waals surface area contributed by atoms with Crippen molar-refractivity contribution >= 4 is 39.8 Å². The van der Waals surface area contributed by atoms with E-state index in [-0.39, 0.29) is 16.2 Å². The van der Waals surface area contributed by atoms with Crippen LogP contribution in [0.4, 0.5) is 0 Å². The molecule has 1 aromatic carbocycles. The van der Waals surface area contributed by atoms with E-state index in [1.165, 1.54) is 4.57 Å². The number of hydrogen-bond acceptors (Lipinski definition) is 4. The Morgan fingerprint density at radius 1 is 1.38 bits per heavy atom. The Morgan fingerprint density at radius 3 is 2.67 bits per heavy atom. The fourth-order valence-electron chi connectivity index (χ4n) is 2.11. The molecule has 130 valence electrons. The van der Waals surface area contributed by atoms with Gasteiger partial charge < -0.3 is 10.3 Å². The fraction of sp³-hybridized carbons (Fsp3) is 0.438. The number of fused-ring (bicyclic) bond motifs is 1. The number of nitrogens with one attached hydrogen (secondary N) is 2. The van der Waals surface area contributed by atoms with Crippen LogP contribution >= 0.6 is 12.2 Å². The molecular weight excluding hydrogens is 346 g/mol. The van der Waals surface area contributed by atoms with Crippen molar-refractivity contribution in [3.63, 3.8) is 0 Å². The molecule has 0 aliphatic rings. The topological polar surface area (TPSA) is 84.0 Å². The van der Waals surface area contributed by atoms with Gasteiger partial charge in [-0.3, -0.25) is 18.4 Å². The second kappa shape index (κ2) is 6.98. The normalized spacial score (nSPS) is 13.0. The zero-order valence-corrected chi connectivity index (χ0v) is 15.8. The first-order valence-electron chi connectivity index (χ1n) is 7.51. The molecule has 6 nitrogen and oxygen atoms in total. The van der Waals surface area contributed by atoms with Crippen LogP contribution in [-0.4, -0.2) is 36.7 Å². The molecule has 1 heterocycles. The number of nitrogens with zero attached hydrogens (tertiary/aromatic N) is 1. The molecule has 2 rings (SSSR count). The van der Waals surface area contributed by atoms with Crippen molar-refractivity contribution in [2.24, 2.45) is 7.05 Å². The quantitative estimate of drug-likeness (QED) is 0.808. The number of carbonyl (C=O) groups excluding carboxylic acids is 1. The molecule has 1 atom stereocenters. The van der Waals surface area contributed by atoms with Gasteiger partial charge in [0.25, 0.3) is 11.5 Å².